The van der Waals surface area contributed by atoms with Crippen molar-refractivity contribution in [2.24, 2.45) is 0 Å². The van der Waals surface area contributed by atoms with Crippen molar-refractivity contribution in [1.82, 2.24) is 0 Å². The van der Waals surface area contributed by atoms with Gasteiger partial charge in [-0.3, -0.25) is 0 Å². The van der Waals surface area contributed by atoms with E-state index in [2.05, 4.69) is 116 Å². The van der Waals surface area contributed by atoms with E-state index in [4.69, 9.17) is 0 Å². The van der Waals surface area contributed by atoms with Crippen LogP contribution in [0.1, 0.15) is 42.9 Å². The molecule has 0 aliphatic heterocycles. The van der Waals surface area contributed by atoms with Gasteiger partial charge in [-0.2, -0.15) is 0 Å². The Hall–Kier alpha value is -3.32. The molecule has 0 fully saturated rings. The summed E-state index contributed by atoms with van der Waals surface area (Å²) in [6, 6.07) is 35.1. The highest BCUT2D eigenvalue weighted by atomic mass is 15.1. The summed E-state index contributed by atoms with van der Waals surface area (Å²) in [5, 5.41) is 0. The van der Waals surface area contributed by atoms with Crippen molar-refractivity contribution in [3.8, 4) is 11.1 Å². The smallest absolute Gasteiger partial charge is 0.0496 e. The van der Waals surface area contributed by atoms with Crippen molar-refractivity contribution in [1.29, 1.82) is 0 Å². The fourth-order valence-electron chi connectivity index (χ4n) is 5.07. The molecule has 0 N–H and O–H groups in total. The molecular formula is C29H27N. The maximum absolute atomic E-state index is 2.41. The van der Waals surface area contributed by atoms with Crippen LogP contribution in [0.5, 0.6) is 0 Å². The molecule has 5 rings (SSSR count). The van der Waals surface area contributed by atoms with Crippen LogP contribution in [-0.4, -0.2) is 0 Å². The SMILES string of the molecule is CCc1c(N(c2ccccc2)c2ccccc2)ccc2c1C(CC)c1ccccc1-2. The Balaban J connectivity index is 1.76. The minimum atomic E-state index is 0.472. The van der Waals surface area contributed by atoms with E-state index in [1.807, 2.05) is 0 Å². The van der Waals surface area contributed by atoms with E-state index in [1.165, 1.54) is 44.9 Å². The molecule has 4 aromatic carbocycles. The number of nitrogens with zero attached hydrogens (tertiary/aromatic N) is 1. The number of benzene rings is 4. The van der Waals surface area contributed by atoms with E-state index in [-0.39, 0.29) is 0 Å². The Bertz CT molecular complexity index is 1120. The first-order chi connectivity index (χ1) is 14.8. The number of fused-ring (bicyclic) bond motifs is 3. The van der Waals surface area contributed by atoms with Crippen LogP contribution in [-0.2, 0) is 6.42 Å². The van der Waals surface area contributed by atoms with Crippen molar-refractivity contribution >= 4 is 17.1 Å². The van der Waals surface area contributed by atoms with E-state index in [0.29, 0.717) is 5.92 Å². The maximum Gasteiger partial charge on any atom is 0.0496 e. The van der Waals surface area contributed by atoms with Gasteiger partial charge < -0.3 is 4.90 Å². The highest BCUT2D eigenvalue weighted by Crippen LogP contribution is 2.51. The quantitative estimate of drug-likeness (QED) is 0.332. The van der Waals surface area contributed by atoms with Crippen molar-refractivity contribution in [2.45, 2.75) is 32.6 Å². The lowest BCUT2D eigenvalue weighted by atomic mass is 9.88. The molecule has 1 aliphatic rings. The van der Waals surface area contributed by atoms with Gasteiger partial charge in [0.2, 0.25) is 0 Å². The highest BCUT2D eigenvalue weighted by Gasteiger charge is 2.31. The molecule has 0 amide bonds. The monoisotopic (exact) mass is 389 g/mol. The summed E-state index contributed by atoms with van der Waals surface area (Å²) in [5.41, 5.74) is 11.0. The summed E-state index contributed by atoms with van der Waals surface area (Å²) in [6.07, 6.45) is 2.14. The highest BCUT2D eigenvalue weighted by molar-refractivity contribution is 5.87. The zero-order valence-corrected chi connectivity index (χ0v) is 17.7. The van der Waals surface area contributed by atoms with E-state index < -0.39 is 0 Å². The molecular weight excluding hydrogens is 362 g/mol. The molecule has 1 heteroatoms. The van der Waals surface area contributed by atoms with Crippen LogP contribution in [0.15, 0.2) is 97.1 Å². The number of para-hydroxylation sites is 2. The Morgan fingerprint density at radius 3 is 1.83 bits per heavy atom. The molecule has 30 heavy (non-hydrogen) atoms. The van der Waals surface area contributed by atoms with Crippen LogP contribution < -0.4 is 4.90 Å². The number of hydrogen-bond acceptors (Lipinski definition) is 1. The Morgan fingerprint density at radius 2 is 1.23 bits per heavy atom. The molecule has 1 nitrogen and oxygen atoms in total. The molecule has 0 saturated heterocycles. The topological polar surface area (TPSA) is 3.24 Å². The second-order valence-corrected chi connectivity index (χ2v) is 7.93. The third-order valence-electron chi connectivity index (χ3n) is 6.34. The van der Waals surface area contributed by atoms with Crippen LogP contribution in [0.4, 0.5) is 17.1 Å². The van der Waals surface area contributed by atoms with E-state index in [1.54, 1.807) is 0 Å². The summed E-state index contributed by atoms with van der Waals surface area (Å²) in [7, 11) is 0. The first-order valence-electron chi connectivity index (χ1n) is 11.0. The van der Waals surface area contributed by atoms with Crippen molar-refractivity contribution in [3.05, 3.63) is 114 Å². The van der Waals surface area contributed by atoms with Crippen LogP contribution in [0.3, 0.4) is 0 Å². The van der Waals surface area contributed by atoms with Crippen molar-refractivity contribution in [3.63, 3.8) is 0 Å². The first kappa shape index (κ1) is 18.7. The third-order valence-corrected chi connectivity index (χ3v) is 6.34. The maximum atomic E-state index is 2.41. The largest absolute Gasteiger partial charge is 0.310 e. The Morgan fingerprint density at radius 1 is 0.633 bits per heavy atom. The van der Waals surface area contributed by atoms with Crippen LogP contribution in [0.25, 0.3) is 11.1 Å². The Labute approximate surface area is 179 Å². The Kier molecular flexibility index (Phi) is 4.88. The molecule has 0 saturated carbocycles. The van der Waals surface area contributed by atoms with Gasteiger partial charge in [0, 0.05) is 23.0 Å². The van der Waals surface area contributed by atoms with Gasteiger partial charge in [0.25, 0.3) is 0 Å². The molecule has 1 atom stereocenters. The fourth-order valence-corrected chi connectivity index (χ4v) is 5.07. The second-order valence-electron chi connectivity index (χ2n) is 7.93. The number of anilines is 3. The van der Waals surface area contributed by atoms with Crippen LogP contribution in [0, 0.1) is 0 Å². The molecule has 0 aromatic heterocycles. The average Bonchev–Trinajstić information content (AvgIpc) is 3.14. The second kappa shape index (κ2) is 7.84. The lowest BCUT2D eigenvalue weighted by Gasteiger charge is -2.29. The summed E-state index contributed by atoms with van der Waals surface area (Å²) in [4.78, 5) is 2.41. The molecule has 1 unspecified atom stereocenters. The number of rotatable bonds is 5. The zero-order chi connectivity index (χ0) is 20.5. The predicted molar refractivity (Wildman–Crippen MR) is 128 cm³/mol. The van der Waals surface area contributed by atoms with Gasteiger partial charge in [-0.1, -0.05) is 80.6 Å². The number of hydrogen-bond donors (Lipinski definition) is 0. The fraction of sp³-hybridized carbons (Fsp3) is 0.172. The minimum absolute atomic E-state index is 0.472. The molecule has 1 aliphatic carbocycles. The van der Waals surface area contributed by atoms with Crippen molar-refractivity contribution < 1.29 is 0 Å². The van der Waals surface area contributed by atoms with E-state index in [9.17, 15) is 0 Å². The van der Waals surface area contributed by atoms with Gasteiger partial charge in [0.15, 0.2) is 0 Å². The zero-order valence-electron chi connectivity index (χ0n) is 17.7. The van der Waals surface area contributed by atoms with Gasteiger partial charge in [0.05, 0.1) is 0 Å². The lowest BCUT2D eigenvalue weighted by molar-refractivity contribution is 0.785. The van der Waals surface area contributed by atoms with Gasteiger partial charge in [-0.25, -0.2) is 0 Å². The van der Waals surface area contributed by atoms with Gasteiger partial charge in [-0.15, -0.1) is 0 Å². The molecule has 0 bridgehead atoms. The van der Waals surface area contributed by atoms with Gasteiger partial charge >= 0.3 is 0 Å². The molecule has 0 radical (unpaired) electrons. The van der Waals surface area contributed by atoms with Gasteiger partial charge in [-0.05, 0) is 71.0 Å². The van der Waals surface area contributed by atoms with Crippen molar-refractivity contribution in [2.75, 3.05) is 4.90 Å². The molecule has 148 valence electrons. The van der Waals surface area contributed by atoms with E-state index >= 15 is 0 Å². The third kappa shape index (κ3) is 2.93. The molecule has 0 heterocycles. The summed E-state index contributed by atoms with van der Waals surface area (Å²) < 4.78 is 0. The van der Waals surface area contributed by atoms with Crippen LogP contribution >= 0.6 is 0 Å². The van der Waals surface area contributed by atoms with E-state index in [0.717, 1.165) is 12.8 Å². The molecule has 0 spiro atoms. The first-order valence-corrected chi connectivity index (χ1v) is 11.0. The predicted octanol–water partition coefficient (Wildman–Crippen LogP) is 8.24. The normalized spacial score (nSPS) is 14.3. The lowest BCUT2D eigenvalue weighted by Crippen LogP contribution is -2.13. The average molecular weight is 390 g/mol. The van der Waals surface area contributed by atoms with Gasteiger partial charge in [0.1, 0.15) is 0 Å². The molecule has 4 aromatic rings. The summed E-state index contributed by atoms with van der Waals surface area (Å²) in [6.45, 7) is 4.61. The summed E-state index contributed by atoms with van der Waals surface area (Å²) in [5.74, 6) is 0.472. The summed E-state index contributed by atoms with van der Waals surface area (Å²) >= 11 is 0. The van der Waals surface area contributed by atoms with Crippen LogP contribution in [0.2, 0.25) is 0 Å². The minimum Gasteiger partial charge on any atom is -0.310 e. The standard InChI is InChI=1S/C29H27N/c1-3-23-25-17-11-12-18-26(25)27-19-20-28(24(4-2)29(23)27)30(21-13-7-5-8-14-21)22-15-9-6-10-16-22/h5-20,23H,3-4H2,1-2H3.